The number of aromatic nitrogens is 1. The largest absolute Gasteiger partial charge is 0.619 e. The standard InChI is InChI=1S/C21H27N5O5/c27-11-8-22-4-6-24-16-1-2-17(25-7-5-23-9-12-28)19-18(16)20(29)14-3-10-26(31)13-15(14)21(19)30/h1-3,10,13,22-25,27-28H,4-9,11-12H2. The molecule has 0 radical (unpaired) electrons. The van der Waals surface area contributed by atoms with Gasteiger partial charge in [-0.25, -0.2) is 0 Å². The topological polar surface area (TPSA) is 150 Å². The third-order valence-electron chi connectivity index (χ3n) is 4.89. The van der Waals surface area contributed by atoms with E-state index in [4.69, 9.17) is 10.2 Å². The van der Waals surface area contributed by atoms with Crippen molar-refractivity contribution in [3.63, 3.8) is 0 Å². The lowest BCUT2D eigenvalue weighted by atomic mass is 9.83. The van der Waals surface area contributed by atoms with E-state index in [0.29, 0.717) is 55.4 Å². The van der Waals surface area contributed by atoms with Crippen molar-refractivity contribution in [3.05, 3.63) is 58.1 Å². The summed E-state index contributed by atoms with van der Waals surface area (Å²) in [6.45, 7) is 3.09. The summed E-state index contributed by atoms with van der Waals surface area (Å²) < 4.78 is 0.510. The quantitative estimate of drug-likeness (QED) is 0.122. The third kappa shape index (κ3) is 5.17. The number of rotatable bonds is 12. The molecule has 1 aromatic carbocycles. The zero-order valence-electron chi connectivity index (χ0n) is 17.1. The van der Waals surface area contributed by atoms with Crippen LogP contribution in [-0.2, 0) is 0 Å². The summed E-state index contributed by atoms with van der Waals surface area (Å²) in [5.74, 6) is -0.708. The van der Waals surface area contributed by atoms with Gasteiger partial charge >= 0.3 is 0 Å². The lowest BCUT2D eigenvalue weighted by Crippen LogP contribution is -2.32. The first kappa shape index (κ1) is 22.6. The molecule has 6 N–H and O–H groups in total. The van der Waals surface area contributed by atoms with E-state index in [0.717, 1.165) is 6.20 Å². The molecule has 1 aromatic heterocycles. The lowest BCUT2D eigenvalue weighted by molar-refractivity contribution is -0.605. The van der Waals surface area contributed by atoms with Crippen LogP contribution in [0.25, 0.3) is 0 Å². The van der Waals surface area contributed by atoms with E-state index in [1.54, 1.807) is 12.1 Å². The molecule has 0 unspecified atom stereocenters. The van der Waals surface area contributed by atoms with Crippen molar-refractivity contribution in [2.75, 3.05) is 63.1 Å². The SMILES string of the molecule is O=C1c2cc[n+]([O-])cc2C(=O)c2c(NCCNCCO)ccc(NCCNCCO)c21. The Balaban J connectivity index is 1.91. The van der Waals surface area contributed by atoms with Crippen LogP contribution in [0.1, 0.15) is 31.8 Å². The number of aliphatic hydroxyl groups excluding tert-OH is 2. The molecule has 0 amide bonds. The normalized spacial score (nSPS) is 12.5. The fourth-order valence-corrected chi connectivity index (χ4v) is 3.47. The molecule has 0 bridgehead atoms. The molecule has 1 aliphatic carbocycles. The van der Waals surface area contributed by atoms with E-state index >= 15 is 0 Å². The molecule has 3 rings (SSSR count). The van der Waals surface area contributed by atoms with Crippen LogP contribution in [0.3, 0.4) is 0 Å². The fraction of sp³-hybridized carbons (Fsp3) is 0.381. The van der Waals surface area contributed by atoms with Gasteiger partial charge in [-0.3, -0.25) is 9.59 Å². The van der Waals surface area contributed by atoms with Crippen molar-refractivity contribution in [3.8, 4) is 0 Å². The van der Waals surface area contributed by atoms with Gasteiger partial charge in [0, 0.05) is 62.3 Å². The number of ketones is 2. The number of anilines is 2. The van der Waals surface area contributed by atoms with Crippen LogP contribution >= 0.6 is 0 Å². The summed E-state index contributed by atoms with van der Waals surface area (Å²) in [6, 6.07) is 4.86. The van der Waals surface area contributed by atoms with E-state index in [-0.39, 0.29) is 47.0 Å². The summed E-state index contributed by atoms with van der Waals surface area (Å²) in [4.78, 5) is 26.5. The Hall–Kier alpha value is -3.05. The molecule has 0 spiro atoms. The van der Waals surface area contributed by atoms with Crippen LogP contribution in [0.5, 0.6) is 0 Å². The highest BCUT2D eigenvalue weighted by molar-refractivity contribution is 6.31. The Kier molecular flexibility index (Phi) is 7.90. The van der Waals surface area contributed by atoms with Gasteiger partial charge in [0.1, 0.15) is 0 Å². The zero-order chi connectivity index (χ0) is 22.2. The van der Waals surface area contributed by atoms with Crippen molar-refractivity contribution < 1.29 is 24.5 Å². The lowest BCUT2D eigenvalue weighted by Gasteiger charge is -2.23. The van der Waals surface area contributed by atoms with Crippen molar-refractivity contribution in [2.45, 2.75) is 0 Å². The van der Waals surface area contributed by atoms with Gasteiger partial charge in [0.15, 0.2) is 18.2 Å². The number of pyridine rings is 1. The number of aliphatic hydroxyl groups is 2. The minimum atomic E-state index is -0.386. The molecular formula is C21H27N5O5. The molecule has 0 saturated carbocycles. The highest BCUT2D eigenvalue weighted by Crippen LogP contribution is 2.36. The highest BCUT2D eigenvalue weighted by Gasteiger charge is 2.35. The van der Waals surface area contributed by atoms with E-state index in [9.17, 15) is 14.8 Å². The number of nitrogens with one attached hydrogen (secondary N) is 4. The molecule has 0 saturated heterocycles. The van der Waals surface area contributed by atoms with Gasteiger partial charge in [-0.2, -0.15) is 4.73 Å². The van der Waals surface area contributed by atoms with Gasteiger partial charge in [0.2, 0.25) is 5.78 Å². The molecule has 10 heteroatoms. The van der Waals surface area contributed by atoms with Crippen molar-refractivity contribution in [1.29, 1.82) is 0 Å². The molecule has 31 heavy (non-hydrogen) atoms. The molecular weight excluding hydrogens is 402 g/mol. The number of nitrogens with zero attached hydrogens (tertiary/aromatic N) is 1. The number of carbonyl (C=O) groups is 2. The number of hydrogen-bond donors (Lipinski definition) is 6. The van der Waals surface area contributed by atoms with Gasteiger partial charge in [-0.15, -0.1) is 0 Å². The van der Waals surface area contributed by atoms with Gasteiger partial charge in [0.25, 0.3) is 0 Å². The van der Waals surface area contributed by atoms with Gasteiger partial charge < -0.3 is 36.7 Å². The Bertz CT molecular complexity index is 950. The van der Waals surface area contributed by atoms with E-state index in [2.05, 4.69) is 21.3 Å². The summed E-state index contributed by atoms with van der Waals surface area (Å²) in [5.41, 5.74) is 1.84. The highest BCUT2D eigenvalue weighted by atomic mass is 16.5. The summed E-state index contributed by atoms with van der Waals surface area (Å²) in [6.07, 6.45) is 2.33. The second-order valence-electron chi connectivity index (χ2n) is 7.00. The monoisotopic (exact) mass is 429 g/mol. The van der Waals surface area contributed by atoms with E-state index < -0.39 is 0 Å². The summed E-state index contributed by atoms with van der Waals surface area (Å²) in [7, 11) is 0. The first-order valence-corrected chi connectivity index (χ1v) is 10.2. The smallest absolute Gasteiger partial charge is 0.202 e. The molecule has 2 aromatic rings. The average molecular weight is 429 g/mol. The van der Waals surface area contributed by atoms with Crippen molar-refractivity contribution in [2.24, 2.45) is 0 Å². The van der Waals surface area contributed by atoms with E-state index in [1.165, 1.54) is 12.3 Å². The number of fused-ring (bicyclic) bond motifs is 2. The Morgan fingerprint density at radius 3 is 1.77 bits per heavy atom. The second kappa shape index (κ2) is 10.8. The molecule has 0 fully saturated rings. The molecule has 10 nitrogen and oxygen atoms in total. The molecule has 1 aliphatic rings. The van der Waals surface area contributed by atoms with Gasteiger partial charge in [-0.1, -0.05) is 0 Å². The van der Waals surface area contributed by atoms with Crippen molar-refractivity contribution in [1.82, 2.24) is 10.6 Å². The van der Waals surface area contributed by atoms with Gasteiger partial charge in [0.05, 0.1) is 29.9 Å². The summed E-state index contributed by atoms with van der Waals surface area (Å²) in [5, 5.41) is 41.9. The summed E-state index contributed by atoms with van der Waals surface area (Å²) >= 11 is 0. The Labute approximate surface area is 179 Å². The minimum absolute atomic E-state index is 0.0297. The molecule has 166 valence electrons. The Morgan fingerprint density at radius 2 is 1.26 bits per heavy atom. The molecule has 0 atom stereocenters. The fourth-order valence-electron chi connectivity index (χ4n) is 3.47. The molecule has 1 heterocycles. The van der Waals surface area contributed by atoms with Gasteiger partial charge in [-0.05, 0) is 12.1 Å². The van der Waals surface area contributed by atoms with Crippen LogP contribution in [0.2, 0.25) is 0 Å². The second-order valence-corrected chi connectivity index (χ2v) is 7.00. The maximum absolute atomic E-state index is 13.3. The van der Waals surface area contributed by atoms with Crippen LogP contribution in [-0.4, -0.2) is 74.3 Å². The van der Waals surface area contributed by atoms with Crippen molar-refractivity contribution >= 4 is 22.9 Å². The van der Waals surface area contributed by atoms with Crippen LogP contribution in [0.4, 0.5) is 11.4 Å². The predicted molar refractivity (Wildman–Crippen MR) is 116 cm³/mol. The number of carbonyl (C=O) groups excluding carboxylic acids is 2. The van der Waals surface area contributed by atoms with Crippen LogP contribution in [0.15, 0.2) is 30.6 Å². The predicted octanol–water partition coefficient (Wildman–Crippen LogP) is -0.917. The minimum Gasteiger partial charge on any atom is -0.619 e. The average Bonchev–Trinajstić information content (AvgIpc) is 2.77. The molecule has 0 aliphatic heterocycles. The van der Waals surface area contributed by atoms with Crippen LogP contribution in [0, 0.1) is 5.21 Å². The third-order valence-corrected chi connectivity index (χ3v) is 4.89. The zero-order valence-corrected chi connectivity index (χ0v) is 17.1. The Morgan fingerprint density at radius 1 is 0.742 bits per heavy atom. The first-order valence-electron chi connectivity index (χ1n) is 10.2. The first-order chi connectivity index (χ1) is 15.1. The van der Waals surface area contributed by atoms with E-state index in [1.807, 2.05) is 0 Å². The maximum Gasteiger partial charge on any atom is 0.202 e. The number of hydrogen-bond acceptors (Lipinski definition) is 9. The maximum atomic E-state index is 13.3. The van der Waals surface area contributed by atoms with Crippen LogP contribution < -0.4 is 26.0 Å². The number of benzene rings is 1.